The average Bonchev–Trinajstić information content (AvgIpc) is 2.70. The molecule has 100 valence electrons. The summed E-state index contributed by atoms with van der Waals surface area (Å²) < 4.78 is 36.0. The molecule has 0 atom stereocenters. The van der Waals surface area contributed by atoms with Crippen molar-refractivity contribution < 1.29 is 27.6 Å². The summed E-state index contributed by atoms with van der Waals surface area (Å²) in [5, 5.41) is 3.61. The fraction of sp³-hybridized carbons (Fsp3) is 0.111. The molecule has 0 aromatic carbocycles. The van der Waals surface area contributed by atoms with Crippen LogP contribution < -0.4 is 10.6 Å². The summed E-state index contributed by atoms with van der Waals surface area (Å²) in [6, 6.07) is 1.26. The van der Waals surface area contributed by atoms with E-state index in [0.717, 1.165) is 12.4 Å². The van der Waals surface area contributed by atoms with E-state index in [9.17, 15) is 22.8 Å². The van der Waals surface area contributed by atoms with Gasteiger partial charge in [-0.1, -0.05) is 4.85 Å². The number of nitrogens with zero attached hydrogens (tertiary/aromatic N) is 3. The third-order valence-corrected chi connectivity index (χ3v) is 2.06. The Morgan fingerprint density at radius 2 is 2.00 bits per heavy atom. The maximum absolute atomic E-state index is 12.0. The molecular weight excluding hydrogens is 269 g/mol. The second-order valence-corrected chi connectivity index (χ2v) is 3.40. The quantitative estimate of drug-likeness (QED) is 0.833. The van der Waals surface area contributed by atoms with Crippen LogP contribution in [-0.2, 0) is 4.79 Å². The Morgan fingerprint density at radius 1 is 1.32 bits per heavy atom. The lowest BCUT2D eigenvalue weighted by Crippen LogP contribution is -2.33. The number of primary amides is 1. The van der Waals surface area contributed by atoms with Gasteiger partial charge in [0.25, 0.3) is 0 Å². The molecule has 0 aliphatic heterocycles. The number of alkyl halides is 3. The fourth-order valence-electron chi connectivity index (χ4n) is 1.23. The predicted molar refractivity (Wildman–Crippen MR) is 53.7 cm³/mol. The molecule has 2 aromatic heterocycles. The average molecular weight is 274 g/mol. The number of fused-ring (bicyclic) bond motifs is 1. The molecule has 0 aliphatic carbocycles. The molecule has 0 saturated heterocycles. The molecule has 10 heteroatoms. The van der Waals surface area contributed by atoms with Crippen LogP contribution in [0.2, 0.25) is 0 Å². The number of carbonyl (C=O) groups excluding carboxylic acids is 2. The van der Waals surface area contributed by atoms with E-state index < -0.39 is 18.1 Å². The highest BCUT2D eigenvalue weighted by atomic mass is 19.4. The smallest absolute Gasteiger partial charge is 0.366 e. The van der Waals surface area contributed by atoms with Gasteiger partial charge in [-0.2, -0.15) is 13.2 Å². The van der Waals surface area contributed by atoms with Crippen LogP contribution in [0, 0.1) is 0 Å². The van der Waals surface area contributed by atoms with Gasteiger partial charge in [0.05, 0.1) is 11.8 Å². The number of amides is 1. The van der Waals surface area contributed by atoms with E-state index in [0.29, 0.717) is 4.85 Å². The lowest BCUT2D eigenvalue weighted by Gasteiger charge is -2.05. The number of halogens is 3. The minimum absolute atomic E-state index is 0.0502. The molecule has 0 spiro atoms. The number of pyridine rings is 1. The lowest BCUT2D eigenvalue weighted by atomic mass is 10.2. The topological polar surface area (TPSA) is 100 Å². The van der Waals surface area contributed by atoms with Gasteiger partial charge >= 0.3 is 12.1 Å². The van der Waals surface area contributed by atoms with Crippen molar-refractivity contribution in [1.29, 1.82) is 0 Å². The molecule has 1 amide bonds. The van der Waals surface area contributed by atoms with Crippen molar-refractivity contribution >= 4 is 22.9 Å². The van der Waals surface area contributed by atoms with Crippen LogP contribution in [0.15, 0.2) is 18.5 Å². The molecule has 2 heterocycles. The van der Waals surface area contributed by atoms with Crippen LogP contribution in [0.5, 0.6) is 0 Å². The van der Waals surface area contributed by atoms with Crippen molar-refractivity contribution in [3.63, 3.8) is 0 Å². The van der Waals surface area contributed by atoms with Crippen molar-refractivity contribution in [3.05, 3.63) is 24.0 Å². The van der Waals surface area contributed by atoms with Gasteiger partial charge in [-0.3, -0.25) is 4.79 Å². The number of hydrogen-bond acceptors (Lipinski definition) is 5. The third kappa shape index (κ3) is 2.46. The van der Waals surface area contributed by atoms with E-state index in [1.165, 1.54) is 6.07 Å². The highest BCUT2D eigenvalue weighted by molar-refractivity contribution is 5.95. The second-order valence-electron chi connectivity index (χ2n) is 3.40. The summed E-state index contributed by atoms with van der Waals surface area (Å²) in [5.41, 5.74) is 4.91. The first kappa shape index (κ1) is 12.8. The van der Waals surface area contributed by atoms with E-state index in [-0.39, 0.29) is 16.6 Å². The van der Waals surface area contributed by atoms with Gasteiger partial charge in [0.15, 0.2) is 5.65 Å². The molecule has 19 heavy (non-hydrogen) atoms. The summed E-state index contributed by atoms with van der Waals surface area (Å²) in [6.45, 7) is 0. The van der Waals surface area contributed by atoms with E-state index >= 15 is 0 Å². The Bertz CT molecular complexity index is 664. The van der Waals surface area contributed by atoms with E-state index in [1.54, 1.807) is 0 Å². The fourth-order valence-corrected chi connectivity index (χ4v) is 1.23. The van der Waals surface area contributed by atoms with Crippen molar-refractivity contribution in [3.8, 4) is 0 Å². The van der Waals surface area contributed by atoms with Gasteiger partial charge in [0, 0.05) is 11.6 Å². The van der Waals surface area contributed by atoms with Crippen LogP contribution in [-0.4, -0.2) is 33.0 Å². The molecule has 0 fully saturated rings. The number of aromatic nitrogens is 3. The molecule has 2 N–H and O–H groups in total. The Labute approximate surface area is 102 Å². The largest absolute Gasteiger partial charge is 0.493 e. The van der Waals surface area contributed by atoms with Crippen molar-refractivity contribution in [2.24, 2.45) is 5.73 Å². The molecule has 2 rings (SSSR count). The van der Waals surface area contributed by atoms with Crippen molar-refractivity contribution in [2.45, 2.75) is 6.18 Å². The summed E-state index contributed by atoms with van der Waals surface area (Å²) in [6.07, 6.45) is -3.03. The summed E-state index contributed by atoms with van der Waals surface area (Å²) >= 11 is 0. The Hall–Kier alpha value is -2.65. The minimum Gasteiger partial charge on any atom is -0.366 e. The standard InChI is InChI=1S/C9H5F3N4O3/c10-9(11,12)8(18)19-16-7-5(3-15-16)1-4(2-14-7)6(13)17/h1-3H,(H2,13,17). The van der Waals surface area contributed by atoms with Gasteiger partial charge in [-0.05, 0) is 6.07 Å². The molecule has 0 aliphatic rings. The normalized spacial score (nSPS) is 11.5. The van der Waals surface area contributed by atoms with E-state index in [1.807, 2.05) is 0 Å². The zero-order chi connectivity index (χ0) is 14.2. The van der Waals surface area contributed by atoms with Crippen LogP contribution in [0.3, 0.4) is 0 Å². The highest BCUT2D eigenvalue weighted by Crippen LogP contribution is 2.17. The van der Waals surface area contributed by atoms with E-state index in [2.05, 4.69) is 14.9 Å². The molecular formula is C9H5F3N4O3. The monoisotopic (exact) mass is 274 g/mol. The second kappa shape index (κ2) is 4.23. The third-order valence-electron chi connectivity index (χ3n) is 2.06. The number of nitrogens with two attached hydrogens (primary N) is 1. The van der Waals surface area contributed by atoms with Crippen LogP contribution in [0.25, 0.3) is 11.0 Å². The van der Waals surface area contributed by atoms with Gasteiger partial charge in [0.2, 0.25) is 5.91 Å². The Kier molecular flexibility index (Phi) is 2.85. The maximum atomic E-state index is 12.0. The molecule has 0 bridgehead atoms. The van der Waals surface area contributed by atoms with Gasteiger partial charge < -0.3 is 10.6 Å². The summed E-state index contributed by atoms with van der Waals surface area (Å²) in [4.78, 5) is 29.5. The molecule has 2 aromatic rings. The van der Waals surface area contributed by atoms with Crippen LogP contribution >= 0.6 is 0 Å². The van der Waals surface area contributed by atoms with E-state index in [4.69, 9.17) is 5.73 Å². The van der Waals surface area contributed by atoms with Gasteiger partial charge in [-0.25, -0.2) is 9.78 Å². The summed E-state index contributed by atoms with van der Waals surface area (Å²) in [7, 11) is 0. The molecule has 0 unspecified atom stereocenters. The minimum atomic E-state index is -5.15. The zero-order valence-electron chi connectivity index (χ0n) is 9.01. The van der Waals surface area contributed by atoms with Crippen LogP contribution in [0.1, 0.15) is 10.4 Å². The highest BCUT2D eigenvalue weighted by Gasteiger charge is 2.42. The zero-order valence-corrected chi connectivity index (χ0v) is 9.01. The first-order chi connectivity index (χ1) is 8.79. The number of rotatable bonds is 2. The Balaban J connectivity index is 2.36. The first-order valence-corrected chi connectivity index (χ1v) is 4.72. The molecule has 0 saturated carbocycles. The SMILES string of the molecule is NC(=O)c1cnc2c(cnn2OC(=O)C(F)(F)F)c1. The maximum Gasteiger partial charge on any atom is 0.493 e. The van der Waals surface area contributed by atoms with Crippen molar-refractivity contribution in [2.75, 3.05) is 0 Å². The first-order valence-electron chi connectivity index (χ1n) is 4.72. The molecule has 7 nitrogen and oxygen atoms in total. The Morgan fingerprint density at radius 3 is 2.58 bits per heavy atom. The van der Waals surface area contributed by atoms with Crippen LogP contribution in [0.4, 0.5) is 13.2 Å². The summed E-state index contributed by atoms with van der Waals surface area (Å²) in [5.74, 6) is -3.19. The predicted octanol–water partition coefficient (Wildman–Crippen LogP) is 0.0477. The van der Waals surface area contributed by atoms with Gasteiger partial charge in [-0.15, -0.1) is 5.10 Å². The van der Waals surface area contributed by atoms with Gasteiger partial charge in [0.1, 0.15) is 0 Å². The van der Waals surface area contributed by atoms with Crippen molar-refractivity contribution in [1.82, 2.24) is 14.9 Å². The lowest BCUT2D eigenvalue weighted by molar-refractivity contribution is -0.200. The molecule has 0 radical (unpaired) electrons. The number of hydrogen-bond donors (Lipinski definition) is 1. The number of carbonyl (C=O) groups is 2.